The van der Waals surface area contributed by atoms with E-state index in [4.69, 9.17) is 0 Å². The Hall–Kier alpha value is -0.0800. The Balaban J connectivity index is 1.53. The van der Waals surface area contributed by atoms with Gasteiger partial charge in [-0.25, -0.2) is 0 Å². The molecule has 4 rings (SSSR count). The highest BCUT2D eigenvalue weighted by Gasteiger charge is 2.49. The molecule has 2 nitrogen and oxygen atoms in total. The minimum atomic E-state index is 0.754. The molecule has 4 unspecified atom stereocenters. The fourth-order valence-corrected chi connectivity index (χ4v) is 3.33. The maximum absolute atomic E-state index is 3.78. The number of rotatable bonds is 3. The van der Waals surface area contributed by atoms with Gasteiger partial charge >= 0.3 is 0 Å². The van der Waals surface area contributed by atoms with Crippen LogP contribution in [0.3, 0.4) is 0 Å². The Morgan fingerprint density at radius 3 is 2.69 bits per heavy atom. The molecule has 13 heavy (non-hydrogen) atoms. The maximum Gasteiger partial charge on any atom is 0.0117 e. The van der Waals surface area contributed by atoms with E-state index in [0.29, 0.717) is 0 Å². The molecule has 2 saturated carbocycles. The summed E-state index contributed by atoms with van der Waals surface area (Å²) in [7, 11) is 0. The fourth-order valence-electron chi connectivity index (χ4n) is 3.33. The number of hydrogen-bond donors (Lipinski definition) is 2. The highest BCUT2D eigenvalue weighted by Crippen LogP contribution is 2.42. The van der Waals surface area contributed by atoms with Gasteiger partial charge in [0.1, 0.15) is 0 Å². The Morgan fingerprint density at radius 1 is 1.38 bits per heavy atom. The van der Waals surface area contributed by atoms with Crippen molar-refractivity contribution in [2.24, 2.45) is 11.8 Å². The topological polar surface area (TPSA) is 24.1 Å². The van der Waals surface area contributed by atoms with Crippen LogP contribution >= 0.6 is 0 Å². The van der Waals surface area contributed by atoms with Crippen LogP contribution in [0.5, 0.6) is 0 Å². The molecule has 2 N–H and O–H groups in total. The first kappa shape index (κ1) is 8.25. The summed E-state index contributed by atoms with van der Waals surface area (Å²) < 4.78 is 0. The third-order valence-electron chi connectivity index (χ3n) is 4.39. The lowest BCUT2D eigenvalue weighted by Gasteiger charge is -2.42. The number of hydrogen-bond acceptors (Lipinski definition) is 2. The van der Waals surface area contributed by atoms with E-state index in [1.54, 1.807) is 0 Å². The maximum atomic E-state index is 3.78. The van der Waals surface area contributed by atoms with Crippen molar-refractivity contribution in [3.63, 3.8) is 0 Å². The first-order chi connectivity index (χ1) is 6.34. The molecular formula is C11H20N2. The average Bonchev–Trinajstić information content (AvgIpc) is 2.55. The van der Waals surface area contributed by atoms with Crippen molar-refractivity contribution in [3.05, 3.63) is 0 Å². The molecule has 4 atom stereocenters. The van der Waals surface area contributed by atoms with Crippen LogP contribution in [0.25, 0.3) is 0 Å². The van der Waals surface area contributed by atoms with E-state index in [-0.39, 0.29) is 0 Å². The smallest absolute Gasteiger partial charge is 0.0117 e. The van der Waals surface area contributed by atoms with Crippen molar-refractivity contribution in [1.29, 1.82) is 0 Å². The van der Waals surface area contributed by atoms with E-state index in [1.165, 1.54) is 32.2 Å². The summed E-state index contributed by atoms with van der Waals surface area (Å²) in [5.74, 6) is 1.94. The summed E-state index contributed by atoms with van der Waals surface area (Å²) >= 11 is 0. The molecule has 2 aliphatic carbocycles. The van der Waals surface area contributed by atoms with E-state index in [1.807, 2.05) is 0 Å². The summed E-state index contributed by atoms with van der Waals surface area (Å²) in [6, 6.07) is 2.46. The standard InChI is InChI=1S/C11H20N2/c1-7(13-9-3-2-4-9)11-8-5-10(11)12-6-8/h7-13H,2-6H2,1H3. The van der Waals surface area contributed by atoms with E-state index in [2.05, 4.69) is 17.6 Å². The van der Waals surface area contributed by atoms with Crippen molar-refractivity contribution in [1.82, 2.24) is 10.6 Å². The quantitative estimate of drug-likeness (QED) is 0.680. The summed E-state index contributed by atoms with van der Waals surface area (Å²) in [6.07, 6.45) is 5.72. The Kier molecular flexibility index (Phi) is 1.88. The van der Waals surface area contributed by atoms with Crippen LogP contribution in [0.4, 0.5) is 0 Å². The van der Waals surface area contributed by atoms with E-state index in [0.717, 1.165) is 30.0 Å². The first-order valence-electron chi connectivity index (χ1n) is 5.84. The van der Waals surface area contributed by atoms with Gasteiger partial charge < -0.3 is 10.6 Å². The highest BCUT2D eigenvalue weighted by atomic mass is 15.1. The summed E-state index contributed by atoms with van der Waals surface area (Å²) in [6.45, 7) is 3.67. The monoisotopic (exact) mass is 180 g/mol. The van der Waals surface area contributed by atoms with Crippen LogP contribution in [0, 0.1) is 11.8 Å². The number of nitrogens with one attached hydrogen (secondary N) is 2. The molecule has 0 amide bonds. The second kappa shape index (κ2) is 2.96. The van der Waals surface area contributed by atoms with Crippen molar-refractivity contribution in [2.45, 2.75) is 50.7 Å². The Labute approximate surface area is 80.5 Å². The predicted octanol–water partition coefficient (Wildman–Crippen LogP) is 1.12. The summed E-state index contributed by atoms with van der Waals surface area (Å²) in [5.41, 5.74) is 0. The van der Waals surface area contributed by atoms with Crippen molar-refractivity contribution in [2.75, 3.05) is 6.54 Å². The van der Waals surface area contributed by atoms with Gasteiger partial charge in [-0.05, 0) is 44.6 Å². The molecule has 0 aromatic rings. The van der Waals surface area contributed by atoms with Gasteiger partial charge in [-0.15, -0.1) is 0 Å². The SMILES string of the molecule is CC(NC1CCC1)C1C2CNC1C2. The van der Waals surface area contributed by atoms with E-state index < -0.39 is 0 Å². The zero-order valence-corrected chi connectivity index (χ0v) is 8.42. The molecule has 2 aliphatic heterocycles. The van der Waals surface area contributed by atoms with Crippen LogP contribution in [-0.2, 0) is 0 Å². The Bertz CT molecular complexity index is 186. The van der Waals surface area contributed by atoms with E-state index >= 15 is 0 Å². The Morgan fingerprint density at radius 2 is 2.23 bits per heavy atom. The van der Waals surface area contributed by atoms with Crippen LogP contribution in [0.1, 0.15) is 32.6 Å². The molecule has 0 spiro atoms. The highest BCUT2D eigenvalue weighted by molar-refractivity contribution is 5.06. The van der Waals surface area contributed by atoms with Crippen molar-refractivity contribution >= 4 is 0 Å². The third-order valence-corrected chi connectivity index (χ3v) is 4.39. The molecular weight excluding hydrogens is 160 g/mol. The molecule has 2 heteroatoms. The van der Waals surface area contributed by atoms with E-state index in [9.17, 15) is 0 Å². The molecule has 4 fully saturated rings. The van der Waals surface area contributed by atoms with Gasteiger partial charge in [0.05, 0.1) is 0 Å². The van der Waals surface area contributed by atoms with Gasteiger partial charge in [0.15, 0.2) is 0 Å². The lowest BCUT2D eigenvalue weighted by atomic mass is 9.70. The fraction of sp³-hybridized carbons (Fsp3) is 1.00. The van der Waals surface area contributed by atoms with Gasteiger partial charge in [0.2, 0.25) is 0 Å². The largest absolute Gasteiger partial charge is 0.313 e. The van der Waals surface area contributed by atoms with Gasteiger partial charge in [0, 0.05) is 18.1 Å². The van der Waals surface area contributed by atoms with Crippen LogP contribution in [0.2, 0.25) is 0 Å². The van der Waals surface area contributed by atoms with Gasteiger partial charge in [-0.1, -0.05) is 6.42 Å². The lowest BCUT2D eigenvalue weighted by molar-refractivity contribution is 0.142. The molecule has 2 heterocycles. The second-order valence-electron chi connectivity index (χ2n) is 5.17. The van der Waals surface area contributed by atoms with Crippen LogP contribution < -0.4 is 10.6 Å². The molecule has 0 aromatic heterocycles. The normalized spacial score (nSPS) is 45.5. The summed E-state index contributed by atoms with van der Waals surface area (Å²) in [5, 5.41) is 7.37. The molecule has 4 aliphatic rings. The molecule has 0 radical (unpaired) electrons. The zero-order valence-electron chi connectivity index (χ0n) is 8.42. The molecule has 2 bridgehead atoms. The average molecular weight is 180 g/mol. The summed E-state index contributed by atoms with van der Waals surface area (Å²) in [4.78, 5) is 0. The molecule has 74 valence electrons. The van der Waals surface area contributed by atoms with Crippen molar-refractivity contribution < 1.29 is 0 Å². The molecule has 2 saturated heterocycles. The van der Waals surface area contributed by atoms with Crippen LogP contribution in [0.15, 0.2) is 0 Å². The first-order valence-corrected chi connectivity index (χ1v) is 5.84. The lowest BCUT2D eigenvalue weighted by Crippen LogP contribution is -2.53. The minimum Gasteiger partial charge on any atom is -0.313 e. The van der Waals surface area contributed by atoms with Crippen LogP contribution in [-0.4, -0.2) is 24.7 Å². The number of fused-ring (bicyclic) bond motifs is 1. The van der Waals surface area contributed by atoms with Gasteiger partial charge in [-0.2, -0.15) is 0 Å². The van der Waals surface area contributed by atoms with Gasteiger partial charge in [0.25, 0.3) is 0 Å². The third kappa shape index (κ3) is 1.23. The second-order valence-corrected chi connectivity index (χ2v) is 5.17. The van der Waals surface area contributed by atoms with Gasteiger partial charge in [-0.3, -0.25) is 0 Å². The minimum absolute atomic E-state index is 0.754. The molecule has 0 aromatic carbocycles. The predicted molar refractivity (Wildman–Crippen MR) is 53.6 cm³/mol. The van der Waals surface area contributed by atoms with Crippen molar-refractivity contribution in [3.8, 4) is 0 Å². The zero-order chi connectivity index (χ0) is 8.84.